The van der Waals surface area contributed by atoms with Gasteiger partial charge in [-0.05, 0) is 19.1 Å². The van der Waals surface area contributed by atoms with Crippen LogP contribution in [-0.4, -0.2) is 20.6 Å². The van der Waals surface area contributed by atoms with Gasteiger partial charge in [0, 0.05) is 18.1 Å². The van der Waals surface area contributed by atoms with Crippen LogP contribution in [0.1, 0.15) is 12.5 Å². The van der Waals surface area contributed by atoms with E-state index in [2.05, 4.69) is 10.1 Å². The minimum absolute atomic E-state index is 0.0777. The zero-order valence-electron chi connectivity index (χ0n) is 11.6. The van der Waals surface area contributed by atoms with E-state index in [1.54, 1.807) is 23.3 Å². The zero-order valence-corrected chi connectivity index (χ0v) is 11.6. The molecule has 106 valence electrons. The summed E-state index contributed by atoms with van der Waals surface area (Å²) in [7, 11) is 0. The summed E-state index contributed by atoms with van der Waals surface area (Å²) >= 11 is 0. The maximum absolute atomic E-state index is 7.70. The van der Waals surface area contributed by atoms with E-state index in [4.69, 9.17) is 15.9 Å². The zero-order chi connectivity index (χ0) is 14.8. The van der Waals surface area contributed by atoms with Crippen LogP contribution < -0.4 is 10.5 Å². The van der Waals surface area contributed by atoms with Crippen LogP contribution in [0.15, 0.2) is 42.9 Å². The van der Waals surface area contributed by atoms with Crippen LogP contribution in [0.3, 0.4) is 0 Å². The highest BCUT2D eigenvalue weighted by Crippen LogP contribution is 2.32. The molecule has 0 aliphatic carbocycles. The smallest absolute Gasteiger partial charge is 0.165 e. The van der Waals surface area contributed by atoms with Crippen molar-refractivity contribution in [2.24, 2.45) is 5.73 Å². The summed E-state index contributed by atoms with van der Waals surface area (Å²) in [6.45, 7) is 2.76. The van der Waals surface area contributed by atoms with Gasteiger partial charge < -0.3 is 10.5 Å². The second-order valence-corrected chi connectivity index (χ2v) is 4.57. The third-order valence-corrected chi connectivity index (χ3v) is 3.17. The number of pyridine rings is 1. The van der Waals surface area contributed by atoms with Crippen molar-refractivity contribution in [1.82, 2.24) is 14.8 Å². The highest BCUT2D eigenvalue weighted by molar-refractivity contribution is 6.03. The van der Waals surface area contributed by atoms with Crippen molar-refractivity contribution in [3.05, 3.63) is 48.4 Å². The molecule has 6 nitrogen and oxygen atoms in total. The molecule has 3 N–H and O–H groups in total. The van der Waals surface area contributed by atoms with Crippen LogP contribution in [0.2, 0.25) is 0 Å². The second-order valence-electron chi connectivity index (χ2n) is 4.57. The molecule has 0 aliphatic heterocycles. The second kappa shape index (κ2) is 5.24. The van der Waals surface area contributed by atoms with Gasteiger partial charge in [-0.25, -0.2) is 0 Å². The fourth-order valence-corrected chi connectivity index (χ4v) is 2.11. The summed E-state index contributed by atoms with van der Waals surface area (Å²) in [4.78, 5) is 4.30. The molecule has 2 heterocycles. The number of hydrogen-bond donors (Lipinski definition) is 2. The van der Waals surface area contributed by atoms with Crippen LogP contribution in [-0.2, 0) is 6.54 Å². The third-order valence-electron chi connectivity index (χ3n) is 3.17. The van der Waals surface area contributed by atoms with E-state index in [-0.39, 0.29) is 5.84 Å². The Kier molecular flexibility index (Phi) is 3.27. The highest BCUT2D eigenvalue weighted by Gasteiger charge is 2.14. The summed E-state index contributed by atoms with van der Waals surface area (Å²) in [6.07, 6.45) is 5.01. The molecule has 0 aliphatic rings. The standard InChI is InChI=1S/C15H15N5O/c1-2-20-9-10(7-19-20)21-14-11-5-3-4-6-13(11)18-8-12(14)15(16)17/h3-9H,2H2,1H3,(H3,16,17). The van der Waals surface area contributed by atoms with Crippen LogP contribution >= 0.6 is 0 Å². The van der Waals surface area contributed by atoms with Gasteiger partial charge in [0.15, 0.2) is 5.75 Å². The lowest BCUT2D eigenvalue weighted by atomic mass is 10.1. The van der Waals surface area contributed by atoms with E-state index >= 15 is 0 Å². The first kappa shape index (κ1) is 13.1. The molecular weight excluding hydrogens is 266 g/mol. The van der Waals surface area contributed by atoms with Crippen LogP contribution in [0, 0.1) is 5.41 Å². The Balaban J connectivity index is 2.13. The minimum Gasteiger partial charge on any atom is -0.453 e. The molecule has 21 heavy (non-hydrogen) atoms. The number of hydrogen-bond acceptors (Lipinski definition) is 4. The number of benzene rings is 1. The van der Waals surface area contributed by atoms with Gasteiger partial charge in [-0.2, -0.15) is 5.10 Å². The highest BCUT2D eigenvalue weighted by atomic mass is 16.5. The number of ether oxygens (including phenoxy) is 1. The molecule has 6 heteroatoms. The number of nitrogens with one attached hydrogen (secondary N) is 1. The van der Waals surface area contributed by atoms with Crippen molar-refractivity contribution < 1.29 is 4.74 Å². The molecule has 0 unspecified atom stereocenters. The number of nitrogens with zero attached hydrogens (tertiary/aromatic N) is 3. The fraction of sp³-hybridized carbons (Fsp3) is 0.133. The first-order valence-electron chi connectivity index (χ1n) is 6.61. The summed E-state index contributed by atoms with van der Waals surface area (Å²) in [6, 6.07) is 7.59. The molecule has 1 aromatic carbocycles. The Labute approximate surface area is 121 Å². The number of nitrogens with two attached hydrogens (primary N) is 1. The fourth-order valence-electron chi connectivity index (χ4n) is 2.11. The predicted octanol–water partition coefficient (Wildman–Crippen LogP) is 2.53. The van der Waals surface area contributed by atoms with E-state index in [9.17, 15) is 0 Å². The van der Waals surface area contributed by atoms with Gasteiger partial charge >= 0.3 is 0 Å². The van der Waals surface area contributed by atoms with Crippen molar-refractivity contribution >= 4 is 16.7 Å². The lowest BCUT2D eigenvalue weighted by Crippen LogP contribution is -2.13. The average molecular weight is 281 g/mol. The number of rotatable bonds is 4. The Hall–Kier alpha value is -2.89. The van der Waals surface area contributed by atoms with E-state index in [0.29, 0.717) is 17.1 Å². The molecule has 2 aromatic heterocycles. The molecule has 0 amide bonds. The predicted molar refractivity (Wildman–Crippen MR) is 80.7 cm³/mol. The maximum atomic E-state index is 7.70. The Morgan fingerprint density at radius 3 is 2.86 bits per heavy atom. The molecule has 3 rings (SSSR count). The number of aromatic nitrogens is 3. The number of para-hydroxylation sites is 1. The lowest BCUT2D eigenvalue weighted by molar-refractivity contribution is 0.485. The normalized spacial score (nSPS) is 10.7. The quantitative estimate of drug-likeness (QED) is 0.568. The van der Waals surface area contributed by atoms with Gasteiger partial charge in [0.25, 0.3) is 0 Å². The summed E-state index contributed by atoms with van der Waals surface area (Å²) in [5.74, 6) is 1.06. The molecular formula is C15H15N5O. The minimum atomic E-state index is -0.0777. The molecule has 0 fully saturated rings. The summed E-state index contributed by atoms with van der Waals surface area (Å²) in [5.41, 5.74) is 6.90. The largest absolute Gasteiger partial charge is 0.453 e. The van der Waals surface area contributed by atoms with Gasteiger partial charge in [0.2, 0.25) is 0 Å². The molecule has 0 radical (unpaired) electrons. The molecule has 0 saturated carbocycles. The van der Waals surface area contributed by atoms with E-state index in [1.165, 1.54) is 0 Å². The van der Waals surface area contributed by atoms with Gasteiger partial charge in [-0.15, -0.1) is 0 Å². The van der Waals surface area contributed by atoms with Crippen molar-refractivity contribution in [2.45, 2.75) is 13.5 Å². The van der Waals surface area contributed by atoms with Crippen LogP contribution in [0.5, 0.6) is 11.5 Å². The molecule has 0 saturated heterocycles. The number of aryl methyl sites for hydroxylation is 1. The van der Waals surface area contributed by atoms with Crippen molar-refractivity contribution in [3.63, 3.8) is 0 Å². The van der Waals surface area contributed by atoms with E-state index in [0.717, 1.165) is 17.4 Å². The maximum Gasteiger partial charge on any atom is 0.165 e. The van der Waals surface area contributed by atoms with Crippen molar-refractivity contribution in [1.29, 1.82) is 5.41 Å². The first-order valence-corrected chi connectivity index (χ1v) is 6.61. The Morgan fingerprint density at radius 1 is 1.33 bits per heavy atom. The van der Waals surface area contributed by atoms with Crippen molar-refractivity contribution in [2.75, 3.05) is 0 Å². The number of fused-ring (bicyclic) bond motifs is 1. The first-order chi connectivity index (χ1) is 10.2. The van der Waals surface area contributed by atoms with Crippen molar-refractivity contribution in [3.8, 4) is 11.5 Å². The average Bonchev–Trinajstić information content (AvgIpc) is 2.95. The molecule has 0 atom stereocenters. The molecule has 0 spiro atoms. The summed E-state index contributed by atoms with van der Waals surface area (Å²) in [5, 5.41) is 12.7. The van der Waals surface area contributed by atoms with Crippen LogP contribution in [0.4, 0.5) is 0 Å². The van der Waals surface area contributed by atoms with Gasteiger partial charge in [-0.1, -0.05) is 12.1 Å². The van der Waals surface area contributed by atoms with E-state index in [1.807, 2.05) is 31.2 Å². The van der Waals surface area contributed by atoms with E-state index < -0.39 is 0 Å². The van der Waals surface area contributed by atoms with Gasteiger partial charge in [0.1, 0.15) is 11.6 Å². The topological polar surface area (TPSA) is 89.8 Å². The van der Waals surface area contributed by atoms with Gasteiger partial charge in [0.05, 0.1) is 23.5 Å². The monoisotopic (exact) mass is 281 g/mol. The number of amidine groups is 1. The van der Waals surface area contributed by atoms with Gasteiger partial charge in [-0.3, -0.25) is 15.1 Å². The lowest BCUT2D eigenvalue weighted by Gasteiger charge is -2.11. The Morgan fingerprint density at radius 2 is 2.14 bits per heavy atom. The SMILES string of the molecule is CCn1cc(Oc2c(C(=N)N)cnc3ccccc23)cn1. The summed E-state index contributed by atoms with van der Waals surface area (Å²) < 4.78 is 7.69. The molecule has 3 aromatic rings. The Bertz CT molecular complexity index is 809. The third kappa shape index (κ3) is 2.43. The van der Waals surface area contributed by atoms with Crippen LogP contribution in [0.25, 0.3) is 10.9 Å². The number of nitrogen functional groups attached to an aromatic ring is 1. The molecule has 0 bridgehead atoms.